The largest absolute Gasteiger partial charge is 0.365 e. The number of rotatable bonds is 4. The number of aromatic nitrogens is 2. The van der Waals surface area contributed by atoms with Gasteiger partial charge in [0.15, 0.2) is 0 Å². The molecule has 1 aliphatic heterocycles. The van der Waals surface area contributed by atoms with Gasteiger partial charge in [-0.15, -0.1) is 0 Å². The van der Waals surface area contributed by atoms with Crippen LogP contribution in [0.15, 0.2) is 54.9 Å². The lowest BCUT2D eigenvalue weighted by atomic mass is 10.2. The second-order valence-corrected chi connectivity index (χ2v) is 7.05. The van der Waals surface area contributed by atoms with Gasteiger partial charge < -0.3 is 15.5 Å². The number of para-hydroxylation sites is 1. The van der Waals surface area contributed by atoms with Gasteiger partial charge in [0, 0.05) is 37.2 Å². The number of nitrogens with one attached hydrogen (secondary N) is 2. The molecule has 1 atom stereocenters. The summed E-state index contributed by atoms with van der Waals surface area (Å²) in [5, 5.41) is 9.91. The van der Waals surface area contributed by atoms with Crippen molar-refractivity contribution in [1.82, 2.24) is 15.1 Å². The molecule has 6 nitrogen and oxygen atoms in total. The van der Waals surface area contributed by atoms with Crippen LogP contribution in [0.2, 0.25) is 0 Å². The summed E-state index contributed by atoms with van der Waals surface area (Å²) in [5.74, 6) is -1.19. The van der Waals surface area contributed by atoms with Gasteiger partial charge >= 0.3 is 6.03 Å². The van der Waals surface area contributed by atoms with E-state index in [1.807, 2.05) is 37.4 Å². The van der Waals surface area contributed by atoms with E-state index < -0.39 is 11.6 Å². The van der Waals surface area contributed by atoms with E-state index in [9.17, 15) is 13.6 Å². The summed E-state index contributed by atoms with van der Waals surface area (Å²) in [7, 11) is 0. The summed E-state index contributed by atoms with van der Waals surface area (Å²) in [6.45, 7) is 2.73. The van der Waals surface area contributed by atoms with Gasteiger partial charge in [-0.3, -0.25) is 0 Å². The Bertz CT molecular complexity index is 1000. The zero-order chi connectivity index (χ0) is 20.4. The van der Waals surface area contributed by atoms with Gasteiger partial charge in [0.05, 0.1) is 5.69 Å². The number of amides is 2. The number of urea groups is 1. The molecule has 2 heterocycles. The van der Waals surface area contributed by atoms with Crippen molar-refractivity contribution in [2.45, 2.75) is 19.4 Å². The van der Waals surface area contributed by atoms with Crippen LogP contribution in [-0.4, -0.2) is 34.9 Å². The van der Waals surface area contributed by atoms with Crippen molar-refractivity contribution in [3.63, 3.8) is 0 Å². The number of aryl methyl sites for hydroxylation is 1. The van der Waals surface area contributed by atoms with E-state index in [1.165, 1.54) is 18.2 Å². The fourth-order valence-electron chi connectivity index (χ4n) is 3.57. The molecule has 29 heavy (non-hydrogen) atoms. The number of halogens is 2. The highest BCUT2D eigenvalue weighted by Crippen LogP contribution is 2.27. The van der Waals surface area contributed by atoms with Gasteiger partial charge in [0.1, 0.15) is 17.3 Å². The molecule has 1 aromatic heterocycles. The zero-order valence-electron chi connectivity index (χ0n) is 15.9. The summed E-state index contributed by atoms with van der Waals surface area (Å²) in [6, 6.07) is 10.7. The van der Waals surface area contributed by atoms with E-state index in [1.54, 1.807) is 15.8 Å². The maximum Gasteiger partial charge on any atom is 0.319 e. The Balaban J connectivity index is 1.37. The van der Waals surface area contributed by atoms with E-state index in [2.05, 4.69) is 15.7 Å². The van der Waals surface area contributed by atoms with Gasteiger partial charge in [-0.1, -0.05) is 6.07 Å². The second-order valence-electron chi connectivity index (χ2n) is 7.05. The fourth-order valence-corrected chi connectivity index (χ4v) is 3.57. The van der Waals surface area contributed by atoms with E-state index in [0.717, 1.165) is 11.3 Å². The van der Waals surface area contributed by atoms with Gasteiger partial charge in [-0.25, -0.2) is 18.3 Å². The van der Waals surface area contributed by atoms with Crippen LogP contribution in [0.5, 0.6) is 0 Å². The highest BCUT2D eigenvalue weighted by molar-refractivity contribution is 5.90. The standard InChI is InChI=1S/C21H21F2N5O/c1-14-12-16(28-10-3-9-24-28)6-7-19(14)26-21(29)25-15-8-11-27(13-15)20-17(22)4-2-5-18(20)23/h2-7,9-10,12,15H,8,11,13H2,1H3,(H2,25,26,29)/t15-/m0/s1. The third-order valence-electron chi connectivity index (χ3n) is 5.00. The maximum absolute atomic E-state index is 14.0. The Hall–Kier alpha value is -3.42. The number of benzene rings is 2. The average molecular weight is 397 g/mol. The number of carbonyl (C=O) groups excluding carboxylic acids is 1. The normalized spacial score (nSPS) is 16.1. The van der Waals surface area contributed by atoms with Crippen molar-refractivity contribution < 1.29 is 13.6 Å². The summed E-state index contributed by atoms with van der Waals surface area (Å²) in [4.78, 5) is 14.0. The summed E-state index contributed by atoms with van der Waals surface area (Å²) in [5.41, 5.74) is 2.45. The van der Waals surface area contributed by atoms with Crippen LogP contribution in [-0.2, 0) is 0 Å². The Morgan fingerprint density at radius 3 is 2.66 bits per heavy atom. The molecule has 0 radical (unpaired) electrons. The van der Waals surface area contributed by atoms with Crippen molar-refractivity contribution >= 4 is 17.4 Å². The van der Waals surface area contributed by atoms with Crippen LogP contribution in [0.4, 0.5) is 25.0 Å². The van der Waals surface area contributed by atoms with Crippen molar-refractivity contribution in [3.8, 4) is 5.69 Å². The van der Waals surface area contributed by atoms with Crippen LogP contribution in [0.25, 0.3) is 5.69 Å². The highest BCUT2D eigenvalue weighted by Gasteiger charge is 2.27. The molecule has 0 spiro atoms. The molecule has 0 bridgehead atoms. The molecule has 0 aliphatic carbocycles. The summed E-state index contributed by atoms with van der Waals surface area (Å²) in [6.07, 6.45) is 4.16. The molecule has 150 valence electrons. The quantitative estimate of drug-likeness (QED) is 0.703. The number of hydrogen-bond donors (Lipinski definition) is 2. The third-order valence-corrected chi connectivity index (χ3v) is 5.00. The monoisotopic (exact) mass is 397 g/mol. The van der Waals surface area contributed by atoms with Gasteiger partial charge in [0.2, 0.25) is 0 Å². The van der Waals surface area contributed by atoms with Crippen LogP contribution >= 0.6 is 0 Å². The van der Waals surface area contributed by atoms with Gasteiger partial charge in [0.25, 0.3) is 0 Å². The first-order valence-electron chi connectivity index (χ1n) is 9.38. The topological polar surface area (TPSA) is 62.2 Å². The minimum absolute atomic E-state index is 0.0396. The summed E-state index contributed by atoms with van der Waals surface area (Å²) < 4.78 is 29.7. The lowest BCUT2D eigenvalue weighted by Gasteiger charge is -2.20. The van der Waals surface area contributed by atoms with Crippen molar-refractivity contribution in [3.05, 3.63) is 72.1 Å². The molecule has 1 fully saturated rings. The number of hydrogen-bond acceptors (Lipinski definition) is 3. The van der Waals surface area contributed by atoms with E-state index in [0.29, 0.717) is 25.2 Å². The van der Waals surface area contributed by atoms with E-state index in [-0.39, 0.29) is 17.8 Å². The lowest BCUT2D eigenvalue weighted by Crippen LogP contribution is -2.40. The van der Waals surface area contributed by atoms with Crippen molar-refractivity contribution in [2.24, 2.45) is 0 Å². The molecule has 1 saturated heterocycles. The van der Waals surface area contributed by atoms with Crippen molar-refractivity contribution in [1.29, 1.82) is 0 Å². The molecule has 2 amide bonds. The Labute approximate surface area is 167 Å². The van der Waals surface area contributed by atoms with Crippen LogP contribution in [0.3, 0.4) is 0 Å². The third kappa shape index (κ3) is 4.06. The summed E-state index contributed by atoms with van der Waals surface area (Å²) >= 11 is 0. The maximum atomic E-state index is 14.0. The van der Waals surface area contributed by atoms with Gasteiger partial charge in [-0.05, 0) is 55.3 Å². The molecule has 0 saturated carbocycles. The smallest absolute Gasteiger partial charge is 0.319 e. The van der Waals surface area contributed by atoms with Crippen molar-refractivity contribution in [2.75, 3.05) is 23.3 Å². The first-order valence-corrected chi connectivity index (χ1v) is 9.38. The molecular weight excluding hydrogens is 376 g/mol. The Kier molecular flexibility index (Phi) is 5.16. The van der Waals surface area contributed by atoms with E-state index >= 15 is 0 Å². The zero-order valence-corrected chi connectivity index (χ0v) is 15.9. The van der Waals surface area contributed by atoms with Crippen LogP contribution in [0, 0.1) is 18.6 Å². The molecule has 8 heteroatoms. The number of anilines is 2. The first kappa shape index (κ1) is 18.9. The molecule has 2 N–H and O–H groups in total. The SMILES string of the molecule is Cc1cc(-n2cccn2)ccc1NC(=O)N[C@H]1CCN(c2c(F)cccc2F)C1. The molecule has 2 aromatic carbocycles. The predicted octanol–water partition coefficient (Wildman–Crippen LogP) is 3.86. The number of carbonyl (C=O) groups is 1. The Morgan fingerprint density at radius 1 is 1.17 bits per heavy atom. The number of nitrogens with zero attached hydrogens (tertiary/aromatic N) is 3. The highest BCUT2D eigenvalue weighted by atomic mass is 19.1. The molecule has 3 aromatic rings. The first-order chi connectivity index (χ1) is 14.0. The second kappa shape index (κ2) is 7.90. The lowest BCUT2D eigenvalue weighted by molar-refractivity contribution is 0.249. The average Bonchev–Trinajstić information content (AvgIpc) is 3.36. The minimum atomic E-state index is -0.594. The Morgan fingerprint density at radius 2 is 1.97 bits per heavy atom. The minimum Gasteiger partial charge on any atom is -0.365 e. The van der Waals surface area contributed by atoms with E-state index in [4.69, 9.17) is 0 Å². The molecular formula is C21H21F2N5O. The fraction of sp³-hybridized carbons (Fsp3) is 0.238. The predicted molar refractivity (Wildman–Crippen MR) is 107 cm³/mol. The molecule has 0 unspecified atom stereocenters. The molecule has 4 rings (SSSR count). The molecule has 1 aliphatic rings. The van der Waals surface area contributed by atoms with Gasteiger partial charge in [-0.2, -0.15) is 5.10 Å². The van der Waals surface area contributed by atoms with Crippen LogP contribution in [0.1, 0.15) is 12.0 Å². The van der Waals surface area contributed by atoms with Crippen LogP contribution < -0.4 is 15.5 Å².